The topological polar surface area (TPSA) is 15.8 Å². The lowest BCUT2D eigenvalue weighted by Gasteiger charge is -2.60. The largest absolute Gasteiger partial charge is 0.358 e. The van der Waals surface area contributed by atoms with Crippen LogP contribution >= 0.6 is 11.6 Å². The molecule has 0 bridgehead atoms. The summed E-state index contributed by atoms with van der Waals surface area (Å²) in [6, 6.07) is 6.45. The molecule has 1 heterocycles. The summed E-state index contributed by atoms with van der Waals surface area (Å²) in [5.74, 6) is 6.39. The molecular formula is C33H48ClN. The summed E-state index contributed by atoms with van der Waals surface area (Å²) in [5.41, 5.74) is 5.45. The van der Waals surface area contributed by atoms with Gasteiger partial charge < -0.3 is 4.98 Å². The minimum atomic E-state index is 0.454. The SMILES string of the molecule is CC(C)CCC[C@@H](C)[C@H]1CC[C@H]2[C@@H]3CC[C@H]4Cc5[nH]c6ccc(Cl)cc6c5C[C@]4(C)[C@H]3CC[C@]12C. The van der Waals surface area contributed by atoms with E-state index in [4.69, 9.17) is 11.6 Å². The fourth-order valence-corrected chi connectivity index (χ4v) is 10.6. The molecule has 1 N–H and O–H groups in total. The molecule has 2 heteroatoms. The Morgan fingerprint density at radius 2 is 1.77 bits per heavy atom. The van der Waals surface area contributed by atoms with Crippen molar-refractivity contribution in [2.24, 2.45) is 52.3 Å². The van der Waals surface area contributed by atoms with Crippen molar-refractivity contribution in [3.05, 3.63) is 34.5 Å². The third-order valence-corrected chi connectivity index (χ3v) is 12.5. The molecule has 0 amide bonds. The van der Waals surface area contributed by atoms with Gasteiger partial charge in [-0.2, -0.15) is 0 Å². The molecule has 4 aliphatic carbocycles. The van der Waals surface area contributed by atoms with Crippen LogP contribution in [0.25, 0.3) is 10.9 Å². The van der Waals surface area contributed by atoms with Crippen LogP contribution < -0.4 is 0 Å². The standard InChI is InChI=1S/C33H48ClN/c1-20(2)7-6-8-21(3)27-12-13-28-24-11-9-22-17-31-26(25-18-23(34)10-14-30(25)35-31)19-33(22,5)29(24)15-16-32(27,28)4/h10,14,18,20-22,24,27-29,35H,6-9,11-13,15-17,19H2,1-5H3/t21-,22+,24+,27-,28+,29+,32-,33+/m1/s1. The number of fused-ring (bicyclic) bond motifs is 8. The number of aromatic nitrogens is 1. The second-order valence-electron chi connectivity index (χ2n) is 14.3. The van der Waals surface area contributed by atoms with Gasteiger partial charge >= 0.3 is 0 Å². The smallest absolute Gasteiger partial charge is 0.0460 e. The van der Waals surface area contributed by atoms with Crippen molar-refractivity contribution < 1.29 is 0 Å². The summed E-state index contributed by atoms with van der Waals surface area (Å²) in [7, 11) is 0. The Morgan fingerprint density at radius 3 is 2.57 bits per heavy atom. The zero-order chi connectivity index (χ0) is 24.5. The lowest BCUT2D eigenvalue weighted by molar-refractivity contribution is -0.103. The molecule has 4 aliphatic rings. The maximum absolute atomic E-state index is 6.45. The Bertz CT molecular complexity index is 1080. The highest BCUT2D eigenvalue weighted by Gasteiger charge is 2.60. The number of benzene rings is 1. The second-order valence-corrected chi connectivity index (χ2v) is 14.8. The van der Waals surface area contributed by atoms with Crippen molar-refractivity contribution in [3.8, 4) is 0 Å². The first kappa shape index (κ1) is 24.4. The summed E-state index contributed by atoms with van der Waals surface area (Å²) in [6.45, 7) is 12.8. The van der Waals surface area contributed by atoms with Gasteiger partial charge in [0.1, 0.15) is 0 Å². The van der Waals surface area contributed by atoms with Gasteiger partial charge in [-0.15, -0.1) is 0 Å². The molecule has 1 nitrogen and oxygen atoms in total. The highest BCUT2D eigenvalue weighted by atomic mass is 35.5. The third kappa shape index (κ3) is 3.84. The number of H-pyrrole nitrogens is 1. The summed E-state index contributed by atoms with van der Waals surface area (Å²) < 4.78 is 0. The number of rotatable bonds is 5. The molecule has 0 spiro atoms. The number of nitrogens with one attached hydrogen (secondary N) is 1. The average Bonchev–Trinajstić information content (AvgIpc) is 3.33. The van der Waals surface area contributed by atoms with Crippen LogP contribution in [0.4, 0.5) is 0 Å². The van der Waals surface area contributed by atoms with Crippen molar-refractivity contribution in [1.29, 1.82) is 0 Å². The second kappa shape index (κ2) is 8.82. The zero-order valence-electron chi connectivity index (χ0n) is 22.9. The molecule has 3 saturated carbocycles. The van der Waals surface area contributed by atoms with Crippen molar-refractivity contribution in [3.63, 3.8) is 0 Å². The molecule has 0 unspecified atom stereocenters. The normalized spacial score (nSPS) is 39.2. The molecular weight excluding hydrogens is 446 g/mol. The first-order valence-electron chi connectivity index (χ1n) is 15.0. The minimum absolute atomic E-state index is 0.454. The van der Waals surface area contributed by atoms with Crippen LogP contribution in [0.1, 0.15) is 104 Å². The van der Waals surface area contributed by atoms with Crippen molar-refractivity contribution in [1.82, 2.24) is 4.98 Å². The van der Waals surface area contributed by atoms with Gasteiger partial charge in [0.15, 0.2) is 0 Å². The molecule has 192 valence electrons. The van der Waals surface area contributed by atoms with Gasteiger partial charge in [0, 0.05) is 21.6 Å². The maximum atomic E-state index is 6.45. The van der Waals surface area contributed by atoms with Gasteiger partial charge in [0.25, 0.3) is 0 Å². The van der Waals surface area contributed by atoms with E-state index in [2.05, 4.69) is 51.7 Å². The fraction of sp³-hybridized carbons (Fsp3) is 0.758. The molecule has 0 radical (unpaired) electrons. The van der Waals surface area contributed by atoms with Crippen LogP contribution in [-0.2, 0) is 12.8 Å². The van der Waals surface area contributed by atoms with Gasteiger partial charge in [-0.1, -0.05) is 65.5 Å². The van der Waals surface area contributed by atoms with E-state index in [1.54, 1.807) is 5.56 Å². The molecule has 2 aromatic rings. The Morgan fingerprint density at radius 1 is 0.971 bits per heavy atom. The van der Waals surface area contributed by atoms with Crippen LogP contribution in [0.15, 0.2) is 18.2 Å². The first-order valence-corrected chi connectivity index (χ1v) is 15.4. The number of halogens is 1. The van der Waals surface area contributed by atoms with Crippen molar-refractivity contribution >= 4 is 22.5 Å². The van der Waals surface area contributed by atoms with E-state index >= 15 is 0 Å². The highest BCUT2D eigenvalue weighted by Crippen LogP contribution is 2.68. The van der Waals surface area contributed by atoms with Gasteiger partial charge in [-0.25, -0.2) is 0 Å². The summed E-state index contributed by atoms with van der Waals surface area (Å²) in [5, 5.41) is 2.27. The molecule has 0 saturated heterocycles. The van der Waals surface area contributed by atoms with Gasteiger partial charge in [-0.05, 0) is 127 Å². The Balaban J connectivity index is 1.24. The summed E-state index contributed by atoms with van der Waals surface area (Å²) in [4.78, 5) is 3.79. The summed E-state index contributed by atoms with van der Waals surface area (Å²) >= 11 is 6.45. The Labute approximate surface area is 219 Å². The molecule has 0 aliphatic heterocycles. The van der Waals surface area contributed by atoms with E-state index in [1.807, 2.05) is 6.07 Å². The molecule has 3 fully saturated rings. The zero-order valence-corrected chi connectivity index (χ0v) is 23.7. The van der Waals surface area contributed by atoms with Crippen LogP contribution in [0, 0.1) is 52.3 Å². The Kier molecular flexibility index (Phi) is 6.14. The average molecular weight is 494 g/mol. The lowest BCUT2D eigenvalue weighted by Crippen LogP contribution is -2.54. The van der Waals surface area contributed by atoms with Gasteiger partial charge in [0.2, 0.25) is 0 Å². The third-order valence-electron chi connectivity index (χ3n) is 12.2. The van der Waals surface area contributed by atoms with E-state index in [0.29, 0.717) is 10.8 Å². The number of hydrogen-bond donors (Lipinski definition) is 1. The van der Waals surface area contributed by atoms with Crippen molar-refractivity contribution in [2.75, 3.05) is 0 Å². The van der Waals surface area contributed by atoms with Gasteiger partial charge in [-0.3, -0.25) is 0 Å². The Hall–Kier alpha value is -0.950. The lowest BCUT2D eigenvalue weighted by atomic mass is 9.44. The van der Waals surface area contributed by atoms with Crippen LogP contribution in [-0.4, -0.2) is 4.98 Å². The quantitative estimate of drug-likeness (QED) is 0.426. The number of aromatic amines is 1. The van der Waals surface area contributed by atoms with Gasteiger partial charge in [0.05, 0.1) is 0 Å². The van der Waals surface area contributed by atoms with E-state index in [0.717, 1.165) is 46.4 Å². The highest BCUT2D eigenvalue weighted by molar-refractivity contribution is 6.31. The summed E-state index contributed by atoms with van der Waals surface area (Å²) in [6.07, 6.45) is 15.7. The predicted molar refractivity (Wildman–Crippen MR) is 150 cm³/mol. The first-order chi connectivity index (χ1) is 16.7. The molecule has 35 heavy (non-hydrogen) atoms. The van der Waals surface area contributed by atoms with E-state index in [1.165, 1.54) is 87.2 Å². The van der Waals surface area contributed by atoms with Crippen LogP contribution in [0.5, 0.6) is 0 Å². The monoisotopic (exact) mass is 493 g/mol. The molecule has 6 rings (SSSR count). The van der Waals surface area contributed by atoms with E-state index in [9.17, 15) is 0 Å². The van der Waals surface area contributed by atoms with E-state index in [-0.39, 0.29) is 0 Å². The minimum Gasteiger partial charge on any atom is -0.358 e. The van der Waals surface area contributed by atoms with E-state index < -0.39 is 0 Å². The maximum Gasteiger partial charge on any atom is 0.0460 e. The predicted octanol–water partition coefficient (Wildman–Crippen LogP) is 9.86. The van der Waals surface area contributed by atoms with Crippen molar-refractivity contribution in [2.45, 2.75) is 105 Å². The van der Waals surface area contributed by atoms with Crippen LogP contribution in [0.3, 0.4) is 0 Å². The molecule has 1 aromatic carbocycles. The molecule has 8 atom stereocenters. The molecule has 1 aromatic heterocycles. The van der Waals surface area contributed by atoms with Crippen LogP contribution in [0.2, 0.25) is 5.02 Å². The fourth-order valence-electron chi connectivity index (χ4n) is 10.4. The number of hydrogen-bond acceptors (Lipinski definition) is 0.